The van der Waals surface area contributed by atoms with Gasteiger partial charge in [-0.1, -0.05) is 53.0 Å². The number of esters is 1. The van der Waals surface area contributed by atoms with Crippen LogP contribution in [0.3, 0.4) is 0 Å². The lowest BCUT2D eigenvalue weighted by Gasteiger charge is -2.19. The van der Waals surface area contributed by atoms with E-state index in [0.29, 0.717) is 0 Å². The molecule has 6 nitrogen and oxygen atoms in total. The van der Waals surface area contributed by atoms with E-state index in [9.17, 15) is 9.59 Å². The lowest BCUT2D eigenvalue weighted by atomic mass is 10.1. The molecule has 24 heavy (non-hydrogen) atoms. The molecule has 1 rings (SSSR count). The fourth-order valence-corrected chi connectivity index (χ4v) is 1.76. The smallest absolute Gasteiger partial charge is 0.328 e. The number of carbonyl (C=O) groups is 2. The van der Waals surface area contributed by atoms with E-state index in [1.54, 1.807) is 6.92 Å². The van der Waals surface area contributed by atoms with Gasteiger partial charge >= 0.3 is 11.9 Å². The summed E-state index contributed by atoms with van der Waals surface area (Å²) in [5, 5.41) is 10.7. The quantitative estimate of drug-likeness (QED) is 0.519. The molecule has 136 valence electrons. The molecule has 0 radical (unpaired) electrons. The second-order valence-corrected chi connectivity index (χ2v) is 7.47. The van der Waals surface area contributed by atoms with Crippen molar-refractivity contribution in [3.05, 3.63) is 29.3 Å². The van der Waals surface area contributed by atoms with Crippen molar-refractivity contribution >= 4 is 52.4 Å². The van der Waals surface area contributed by atoms with Crippen molar-refractivity contribution in [3.63, 3.8) is 0 Å². The van der Waals surface area contributed by atoms with Crippen LogP contribution >= 0.6 is 34.8 Å². The topological polar surface area (TPSA) is 102 Å². The minimum atomic E-state index is -1.59. The Morgan fingerprint density at radius 1 is 1.29 bits per heavy atom. The van der Waals surface area contributed by atoms with Gasteiger partial charge in [0.15, 0.2) is 0 Å². The highest BCUT2D eigenvalue weighted by atomic mass is 35.6. The lowest BCUT2D eigenvalue weighted by molar-refractivity contribution is -0.144. The molecule has 0 saturated heterocycles. The number of halogens is 3. The number of aryl methyl sites for hydroxylation is 2. The maximum atomic E-state index is 11.8. The molecule has 0 saturated carbocycles. The van der Waals surface area contributed by atoms with Crippen LogP contribution in [0.4, 0.5) is 5.69 Å². The summed E-state index contributed by atoms with van der Waals surface area (Å²) in [6.45, 7) is 5.09. The Labute approximate surface area is 156 Å². The zero-order valence-electron chi connectivity index (χ0n) is 13.6. The van der Waals surface area contributed by atoms with Crippen LogP contribution in [0, 0.1) is 13.8 Å². The van der Waals surface area contributed by atoms with Crippen LogP contribution in [0.1, 0.15) is 18.1 Å². The Balaban J connectivity index is 0.000000922. The first kappa shape index (κ1) is 22.8. The second kappa shape index (κ2) is 10.6. The summed E-state index contributed by atoms with van der Waals surface area (Å²) in [5.41, 5.74) is 7.60. The van der Waals surface area contributed by atoms with Gasteiger partial charge in [-0.25, -0.2) is 4.79 Å². The predicted octanol–water partition coefficient (Wildman–Crippen LogP) is 3.05. The van der Waals surface area contributed by atoms with Gasteiger partial charge in [0, 0.05) is 5.69 Å². The zero-order valence-corrected chi connectivity index (χ0v) is 15.9. The van der Waals surface area contributed by atoms with Gasteiger partial charge < -0.3 is 20.9 Å². The molecule has 4 N–H and O–H groups in total. The lowest BCUT2D eigenvalue weighted by Crippen LogP contribution is -2.31. The Bertz CT molecular complexity index is 542. The normalized spacial score (nSPS) is 11.8. The molecule has 0 amide bonds. The molecule has 0 bridgehead atoms. The summed E-state index contributed by atoms with van der Waals surface area (Å²) in [7, 11) is 0. The third-order valence-corrected chi connectivity index (χ3v) is 3.08. The molecule has 1 aromatic rings. The third kappa shape index (κ3) is 9.82. The van der Waals surface area contributed by atoms with Crippen LogP contribution in [-0.4, -0.2) is 40.0 Å². The standard InChI is InChI=1S/C13H16Cl3NO2.C2H5NO2/c1-8-5-4-6-9(2)11(8)17-10(3)12(18)19-7-13(14,15)16;3-1-2(4)5/h4-6,10,17H,7H2,1-3H3;1,3H2,(H,4,5)/t10-;/m0./s1. The first-order valence-corrected chi connectivity index (χ1v) is 8.09. The molecule has 0 aromatic heterocycles. The summed E-state index contributed by atoms with van der Waals surface area (Å²) in [6.07, 6.45) is 0. The average molecular weight is 400 g/mol. The van der Waals surface area contributed by atoms with Gasteiger partial charge in [0.05, 0.1) is 6.54 Å². The molecule has 0 aliphatic heterocycles. The molecular weight excluding hydrogens is 379 g/mol. The van der Waals surface area contributed by atoms with Crippen LogP contribution < -0.4 is 11.1 Å². The van der Waals surface area contributed by atoms with Crippen molar-refractivity contribution in [1.29, 1.82) is 0 Å². The predicted molar refractivity (Wildman–Crippen MR) is 96.9 cm³/mol. The van der Waals surface area contributed by atoms with Crippen LogP contribution in [0.2, 0.25) is 0 Å². The Kier molecular flexibility index (Phi) is 10.1. The number of carboxylic acid groups (broad SMARTS) is 1. The first-order valence-electron chi connectivity index (χ1n) is 6.96. The summed E-state index contributed by atoms with van der Waals surface area (Å²) < 4.78 is 3.33. The second-order valence-electron chi connectivity index (χ2n) is 4.95. The van der Waals surface area contributed by atoms with Gasteiger partial charge in [-0.2, -0.15) is 0 Å². The highest BCUT2D eigenvalue weighted by Gasteiger charge is 2.24. The van der Waals surface area contributed by atoms with Crippen molar-refractivity contribution in [1.82, 2.24) is 0 Å². The van der Waals surface area contributed by atoms with Crippen LogP contribution in [0.15, 0.2) is 18.2 Å². The number of nitrogens with two attached hydrogens (primary N) is 1. The number of hydrogen-bond acceptors (Lipinski definition) is 5. The van der Waals surface area contributed by atoms with Gasteiger partial charge in [0.25, 0.3) is 0 Å². The minimum Gasteiger partial charge on any atom is -0.480 e. The Hall–Kier alpha value is -1.21. The fourth-order valence-electron chi connectivity index (χ4n) is 1.60. The Morgan fingerprint density at radius 3 is 2.12 bits per heavy atom. The molecule has 0 aliphatic carbocycles. The van der Waals surface area contributed by atoms with E-state index in [1.807, 2.05) is 32.0 Å². The number of ether oxygens (including phenoxy) is 1. The first-order chi connectivity index (χ1) is 11.0. The molecule has 0 aliphatic rings. The molecule has 0 fully saturated rings. The maximum Gasteiger partial charge on any atom is 0.328 e. The summed E-state index contributed by atoms with van der Waals surface area (Å²) >= 11 is 16.6. The molecule has 0 unspecified atom stereocenters. The highest BCUT2D eigenvalue weighted by Crippen LogP contribution is 2.26. The third-order valence-electron chi connectivity index (χ3n) is 2.75. The SMILES string of the molecule is Cc1cccc(C)c1N[C@@H](C)C(=O)OCC(Cl)(Cl)Cl.NCC(=O)O. The van der Waals surface area contributed by atoms with E-state index in [2.05, 4.69) is 11.1 Å². The van der Waals surface area contributed by atoms with Crippen LogP contribution in [-0.2, 0) is 14.3 Å². The van der Waals surface area contributed by atoms with Crippen LogP contribution in [0.5, 0.6) is 0 Å². The Morgan fingerprint density at radius 2 is 1.75 bits per heavy atom. The molecule has 0 heterocycles. The molecular formula is C15H21Cl3N2O4. The number of para-hydroxylation sites is 1. The van der Waals surface area contributed by atoms with Gasteiger partial charge in [-0.3, -0.25) is 4.79 Å². The van der Waals surface area contributed by atoms with Gasteiger partial charge in [0.1, 0.15) is 12.6 Å². The van der Waals surface area contributed by atoms with Crippen molar-refractivity contribution in [2.75, 3.05) is 18.5 Å². The minimum absolute atomic E-state index is 0.269. The van der Waals surface area contributed by atoms with Crippen molar-refractivity contribution < 1.29 is 19.4 Å². The van der Waals surface area contributed by atoms with Crippen molar-refractivity contribution in [2.45, 2.75) is 30.6 Å². The van der Waals surface area contributed by atoms with E-state index in [0.717, 1.165) is 16.8 Å². The number of carbonyl (C=O) groups excluding carboxylic acids is 1. The molecule has 9 heteroatoms. The van der Waals surface area contributed by atoms with Gasteiger partial charge in [0.2, 0.25) is 3.79 Å². The van der Waals surface area contributed by atoms with Crippen LogP contribution in [0.25, 0.3) is 0 Å². The van der Waals surface area contributed by atoms with E-state index >= 15 is 0 Å². The number of hydrogen-bond donors (Lipinski definition) is 3. The molecule has 0 spiro atoms. The number of aliphatic carboxylic acids is 1. The summed E-state index contributed by atoms with van der Waals surface area (Å²) in [6, 6.07) is 5.37. The summed E-state index contributed by atoms with van der Waals surface area (Å²) in [4.78, 5) is 21.0. The van der Waals surface area contributed by atoms with Gasteiger partial charge in [-0.15, -0.1) is 0 Å². The van der Waals surface area contributed by atoms with E-state index < -0.39 is 21.8 Å². The monoisotopic (exact) mass is 398 g/mol. The van der Waals surface area contributed by atoms with E-state index in [4.69, 9.17) is 44.6 Å². The van der Waals surface area contributed by atoms with E-state index in [-0.39, 0.29) is 13.2 Å². The average Bonchev–Trinajstić information content (AvgIpc) is 2.48. The number of alkyl halides is 3. The largest absolute Gasteiger partial charge is 0.480 e. The molecule has 1 aromatic carbocycles. The highest BCUT2D eigenvalue weighted by molar-refractivity contribution is 6.67. The number of benzene rings is 1. The van der Waals surface area contributed by atoms with Crippen molar-refractivity contribution in [3.8, 4) is 0 Å². The maximum absolute atomic E-state index is 11.8. The number of nitrogens with one attached hydrogen (secondary N) is 1. The number of rotatable bonds is 5. The zero-order chi connectivity index (χ0) is 18.9. The van der Waals surface area contributed by atoms with E-state index in [1.165, 1.54) is 0 Å². The number of carboxylic acids is 1. The molecule has 1 atom stereocenters. The van der Waals surface area contributed by atoms with Crippen molar-refractivity contribution in [2.24, 2.45) is 5.73 Å². The summed E-state index contributed by atoms with van der Waals surface area (Å²) in [5.74, 6) is -1.43. The number of anilines is 1. The fraction of sp³-hybridized carbons (Fsp3) is 0.467. The van der Waals surface area contributed by atoms with Gasteiger partial charge in [-0.05, 0) is 31.9 Å².